The summed E-state index contributed by atoms with van der Waals surface area (Å²) in [6, 6.07) is 9.45. The lowest BCUT2D eigenvalue weighted by Gasteiger charge is -2.06. The van der Waals surface area contributed by atoms with Crippen molar-refractivity contribution in [3.05, 3.63) is 57.8 Å². The van der Waals surface area contributed by atoms with Crippen molar-refractivity contribution < 1.29 is 9.66 Å². The fourth-order valence-electron chi connectivity index (χ4n) is 1.50. The van der Waals surface area contributed by atoms with E-state index in [1.165, 1.54) is 24.4 Å². The summed E-state index contributed by atoms with van der Waals surface area (Å²) in [4.78, 5) is 14.3. The van der Waals surface area contributed by atoms with Crippen molar-refractivity contribution in [2.45, 2.75) is 6.92 Å². The molecular formula is C13H9N3O3. The maximum absolute atomic E-state index is 10.9. The van der Waals surface area contributed by atoms with Gasteiger partial charge in [0.2, 0.25) is 11.6 Å². The van der Waals surface area contributed by atoms with Crippen LogP contribution in [0.4, 0.5) is 5.69 Å². The second kappa shape index (κ2) is 5.14. The van der Waals surface area contributed by atoms with Crippen molar-refractivity contribution in [2.24, 2.45) is 0 Å². The van der Waals surface area contributed by atoms with Crippen molar-refractivity contribution in [3.63, 3.8) is 0 Å². The Morgan fingerprint density at radius 2 is 2.16 bits per heavy atom. The van der Waals surface area contributed by atoms with Crippen molar-refractivity contribution in [2.75, 3.05) is 0 Å². The Morgan fingerprint density at radius 1 is 1.37 bits per heavy atom. The lowest BCUT2D eigenvalue weighted by Crippen LogP contribution is -1.95. The molecule has 94 valence electrons. The maximum atomic E-state index is 10.9. The van der Waals surface area contributed by atoms with E-state index in [1.807, 2.05) is 6.07 Å². The molecule has 1 aromatic carbocycles. The first kappa shape index (κ1) is 12.5. The molecule has 6 nitrogen and oxygen atoms in total. The van der Waals surface area contributed by atoms with Crippen molar-refractivity contribution in [1.82, 2.24) is 4.98 Å². The van der Waals surface area contributed by atoms with Crippen LogP contribution in [0, 0.1) is 28.4 Å². The summed E-state index contributed by atoms with van der Waals surface area (Å²) < 4.78 is 5.39. The van der Waals surface area contributed by atoms with Crippen LogP contribution < -0.4 is 4.74 Å². The third-order valence-electron chi connectivity index (χ3n) is 2.39. The van der Waals surface area contributed by atoms with E-state index in [2.05, 4.69) is 4.98 Å². The van der Waals surface area contributed by atoms with Crippen molar-refractivity contribution in [3.8, 4) is 17.7 Å². The van der Waals surface area contributed by atoms with Gasteiger partial charge in [-0.3, -0.25) is 10.1 Å². The van der Waals surface area contributed by atoms with Crippen LogP contribution in [0.2, 0.25) is 0 Å². The van der Waals surface area contributed by atoms with Crippen LogP contribution in [0.15, 0.2) is 36.5 Å². The van der Waals surface area contributed by atoms with E-state index in [1.54, 1.807) is 19.1 Å². The molecule has 0 amide bonds. The molecule has 0 bridgehead atoms. The summed E-state index contributed by atoms with van der Waals surface area (Å²) in [6.45, 7) is 1.80. The number of benzene rings is 1. The van der Waals surface area contributed by atoms with E-state index in [0.29, 0.717) is 5.56 Å². The number of nitriles is 1. The van der Waals surface area contributed by atoms with Gasteiger partial charge >= 0.3 is 5.69 Å². The smallest absolute Gasteiger partial charge is 0.311 e. The molecule has 0 fully saturated rings. The number of hydrogen-bond donors (Lipinski definition) is 0. The first-order chi connectivity index (χ1) is 9.10. The predicted octanol–water partition coefficient (Wildman–Crippen LogP) is 2.96. The zero-order valence-electron chi connectivity index (χ0n) is 10.0. The minimum absolute atomic E-state index is 0.104. The molecule has 0 spiro atoms. The minimum Gasteiger partial charge on any atom is -0.432 e. The third kappa shape index (κ3) is 2.84. The molecule has 0 aliphatic heterocycles. The van der Waals surface area contributed by atoms with Gasteiger partial charge in [-0.2, -0.15) is 5.26 Å². The van der Waals surface area contributed by atoms with Gasteiger partial charge in [0.05, 0.1) is 16.6 Å². The van der Waals surface area contributed by atoms with Crippen LogP contribution in [-0.2, 0) is 0 Å². The summed E-state index contributed by atoms with van der Waals surface area (Å²) in [5, 5.41) is 19.7. The molecule has 0 aliphatic rings. The SMILES string of the molecule is Cc1ccc([N+](=O)[O-])c(Oc2cc(C#N)ccn2)c1. The summed E-state index contributed by atoms with van der Waals surface area (Å²) in [6.07, 6.45) is 1.41. The van der Waals surface area contributed by atoms with E-state index >= 15 is 0 Å². The molecule has 0 N–H and O–H groups in total. The van der Waals surface area contributed by atoms with Crippen LogP contribution in [0.25, 0.3) is 0 Å². The van der Waals surface area contributed by atoms with Crippen molar-refractivity contribution >= 4 is 5.69 Å². The zero-order valence-corrected chi connectivity index (χ0v) is 10.0. The van der Waals surface area contributed by atoms with Crippen LogP contribution >= 0.6 is 0 Å². The standard InChI is InChI=1S/C13H9N3O3/c1-9-2-3-11(16(17)18)12(6-9)19-13-7-10(8-14)4-5-15-13/h2-7H,1H3. The Balaban J connectivity index is 2.40. The fourth-order valence-corrected chi connectivity index (χ4v) is 1.50. The van der Waals surface area contributed by atoms with Crippen LogP contribution in [0.5, 0.6) is 11.6 Å². The van der Waals surface area contributed by atoms with Gasteiger partial charge in [-0.15, -0.1) is 0 Å². The average molecular weight is 255 g/mol. The van der Waals surface area contributed by atoms with Gasteiger partial charge < -0.3 is 4.74 Å². The Morgan fingerprint density at radius 3 is 2.84 bits per heavy atom. The Bertz CT molecular complexity index is 677. The average Bonchev–Trinajstić information content (AvgIpc) is 2.38. The van der Waals surface area contributed by atoms with Gasteiger partial charge in [0.25, 0.3) is 0 Å². The molecule has 2 rings (SSSR count). The third-order valence-corrected chi connectivity index (χ3v) is 2.39. The van der Waals surface area contributed by atoms with Crippen LogP contribution in [0.3, 0.4) is 0 Å². The molecule has 0 saturated heterocycles. The second-order valence-electron chi connectivity index (χ2n) is 3.82. The van der Waals surface area contributed by atoms with Crippen LogP contribution in [-0.4, -0.2) is 9.91 Å². The number of hydrogen-bond acceptors (Lipinski definition) is 5. The summed E-state index contributed by atoms with van der Waals surface area (Å²) in [7, 11) is 0. The molecule has 19 heavy (non-hydrogen) atoms. The molecule has 1 aromatic heterocycles. The van der Waals surface area contributed by atoms with Gasteiger partial charge in [0.1, 0.15) is 0 Å². The molecule has 2 aromatic rings. The number of aryl methyl sites for hydroxylation is 1. The highest BCUT2D eigenvalue weighted by Crippen LogP contribution is 2.31. The highest BCUT2D eigenvalue weighted by molar-refractivity contribution is 5.50. The topological polar surface area (TPSA) is 89.0 Å². The first-order valence-corrected chi connectivity index (χ1v) is 5.39. The largest absolute Gasteiger partial charge is 0.432 e. The number of nitro groups is 1. The number of rotatable bonds is 3. The quantitative estimate of drug-likeness (QED) is 0.621. The molecule has 0 atom stereocenters. The summed E-state index contributed by atoms with van der Waals surface area (Å²) in [5.41, 5.74) is 1.06. The van der Waals surface area contributed by atoms with Crippen molar-refractivity contribution in [1.29, 1.82) is 5.26 Å². The van der Waals surface area contributed by atoms with E-state index < -0.39 is 4.92 Å². The van der Waals surface area contributed by atoms with E-state index in [0.717, 1.165) is 5.56 Å². The monoisotopic (exact) mass is 255 g/mol. The number of nitro benzene ring substituents is 1. The highest BCUT2D eigenvalue weighted by Gasteiger charge is 2.16. The van der Waals surface area contributed by atoms with Gasteiger partial charge in [-0.05, 0) is 24.6 Å². The highest BCUT2D eigenvalue weighted by atomic mass is 16.6. The van der Waals surface area contributed by atoms with Gasteiger partial charge in [-0.25, -0.2) is 4.98 Å². The second-order valence-corrected chi connectivity index (χ2v) is 3.82. The molecule has 6 heteroatoms. The van der Waals surface area contributed by atoms with Gasteiger partial charge in [0.15, 0.2) is 0 Å². The lowest BCUT2D eigenvalue weighted by molar-refractivity contribution is -0.385. The Hall–Kier alpha value is -2.94. The normalized spacial score (nSPS) is 9.68. The Labute approximate surface area is 109 Å². The molecule has 0 aliphatic carbocycles. The van der Waals surface area contributed by atoms with Crippen LogP contribution in [0.1, 0.15) is 11.1 Å². The number of ether oxygens (including phenoxy) is 1. The lowest BCUT2D eigenvalue weighted by atomic mass is 10.2. The van der Waals surface area contributed by atoms with E-state index in [4.69, 9.17) is 10.00 Å². The van der Waals surface area contributed by atoms with Gasteiger partial charge in [0, 0.05) is 18.3 Å². The van der Waals surface area contributed by atoms with Gasteiger partial charge in [-0.1, -0.05) is 6.07 Å². The molecular weight excluding hydrogens is 246 g/mol. The van der Waals surface area contributed by atoms with E-state index in [9.17, 15) is 10.1 Å². The molecule has 0 radical (unpaired) electrons. The number of nitrogens with zero attached hydrogens (tertiary/aromatic N) is 3. The Kier molecular flexibility index (Phi) is 3.39. The predicted molar refractivity (Wildman–Crippen MR) is 66.9 cm³/mol. The first-order valence-electron chi connectivity index (χ1n) is 5.39. The molecule has 1 heterocycles. The molecule has 0 saturated carbocycles. The zero-order chi connectivity index (χ0) is 13.8. The summed E-state index contributed by atoms with van der Waals surface area (Å²) in [5.74, 6) is 0.250. The minimum atomic E-state index is -0.525. The maximum Gasteiger partial charge on any atom is 0.311 e. The van der Waals surface area contributed by atoms with E-state index in [-0.39, 0.29) is 17.3 Å². The fraction of sp³-hybridized carbons (Fsp3) is 0.0769. The summed E-state index contributed by atoms with van der Waals surface area (Å²) >= 11 is 0. The number of pyridine rings is 1. The number of aromatic nitrogens is 1. The molecule has 0 unspecified atom stereocenters.